The lowest BCUT2D eigenvalue weighted by atomic mass is 10.2. The highest BCUT2D eigenvalue weighted by Crippen LogP contribution is 2.23. The lowest BCUT2D eigenvalue weighted by Gasteiger charge is -2.01. The van der Waals surface area contributed by atoms with E-state index in [0.29, 0.717) is 10.6 Å². The smallest absolute Gasteiger partial charge is 0.267 e. The molecule has 0 saturated heterocycles. The van der Waals surface area contributed by atoms with Crippen LogP contribution in [-0.2, 0) is 0 Å². The standard InChI is InChI=1S/C10H9BrClNOS2/c1-15-10(16-2)13-9(14)7-4-3-6(11)5-8(7)12/h3-5H,1-2H3. The molecule has 0 spiro atoms. The topological polar surface area (TPSA) is 29.4 Å². The highest BCUT2D eigenvalue weighted by Gasteiger charge is 2.10. The van der Waals surface area contributed by atoms with Gasteiger partial charge in [-0.05, 0) is 30.7 Å². The van der Waals surface area contributed by atoms with Crippen LogP contribution in [0.3, 0.4) is 0 Å². The molecule has 0 aromatic heterocycles. The third-order valence-electron chi connectivity index (χ3n) is 1.70. The van der Waals surface area contributed by atoms with Gasteiger partial charge in [0, 0.05) is 4.47 Å². The first kappa shape index (κ1) is 14.1. The van der Waals surface area contributed by atoms with Crippen LogP contribution in [-0.4, -0.2) is 22.8 Å². The number of aliphatic imine (C=N–C) groups is 1. The van der Waals surface area contributed by atoms with Gasteiger partial charge in [0.1, 0.15) is 4.38 Å². The van der Waals surface area contributed by atoms with Crippen LogP contribution >= 0.6 is 51.1 Å². The highest BCUT2D eigenvalue weighted by atomic mass is 79.9. The Morgan fingerprint density at radius 1 is 1.38 bits per heavy atom. The molecule has 0 aliphatic heterocycles. The molecule has 0 saturated carbocycles. The number of hydrogen-bond donors (Lipinski definition) is 0. The van der Waals surface area contributed by atoms with Crippen LogP contribution in [0.5, 0.6) is 0 Å². The maximum atomic E-state index is 11.8. The molecule has 86 valence electrons. The van der Waals surface area contributed by atoms with Crippen molar-refractivity contribution in [2.24, 2.45) is 4.99 Å². The van der Waals surface area contributed by atoms with Gasteiger partial charge in [-0.1, -0.05) is 27.5 Å². The molecule has 1 rings (SSSR count). The Hall–Kier alpha value is 0.0300. The van der Waals surface area contributed by atoms with E-state index in [1.165, 1.54) is 23.5 Å². The minimum absolute atomic E-state index is 0.309. The molecule has 1 aromatic carbocycles. The summed E-state index contributed by atoms with van der Waals surface area (Å²) in [4.78, 5) is 15.8. The van der Waals surface area contributed by atoms with Crippen molar-refractivity contribution in [1.29, 1.82) is 0 Å². The van der Waals surface area contributed by atoms with Crippen LogP contribution in [0.15, 0.2) is 27.7 Å². The minimum Gasteiger partial charge on any atom is -0.267 e. The van der Waals surface area contributed by atoms with Gasteiger partial charge in [-0.15, -0.1) is 23.5 Å². The molecule has 0 fully saturated rings. The molecule has 0 unspecified atom stereocenters. The van der Waals surface area contributed by atoms with Gasteiger partial charge in [0.15, 0.2) is 0 Å². The number of thioether (sulfide) groups is 2. The minimum atomic E-state index is -0.309. The quantitative estimate of drug-likeness (QED) is 0.564. The van der Waals surface area contributed by atoms with Gasteiger partial charge in [0.25, 0.3) is 5.91 Å². The monoisotopic (exact) mass is 337 g/mol. The number of halogens is 2. The van der Waals surface area contributed by atoms with Crippen LogP contribution in [0.4, 0.5) is 0 Å². The largest absolute Gasteiger partial charge is 0.280 e. The normalized spacial score (nSPS) is 10.0. The van der Waals surface area contributed by atoms with Gasteiger partial charge in [0.2, 0.25) is 0 Å². The van der Waals surface area contributed by atoms with Crippen molar-refractivity contribution >= 4 is 61.3 Å². The zero-order chi connectivity index (χ0) is 12.1. The van der Waals surface area contributed by atoms with E-state index in [-0.39, 0.29) is 5.91 Å². The van der Waals surface area contributed by atoms with Crippen LogP contribution in [0.1, 0.15) is 10.4 Å². The zero-order valence-electron chi connectivity index (χ0n) is 8.66. The zero-order valence-corrected chi connectivity index (χ0v) is 12.6. The Bertz CT molecular complexity index is 431. The van der Waals surface area contributed by atoms with Gasteiger partial charge >= 0.3 is 0 Å². The van der Waals surface area contributed by atoms with E-state index in [1.807, 2.05) is 12.5 Å². The molecule has 0 heterocycles. The van der Waals surface area contributed by atoms with Crippen molar-refractivity contribution in [3.63, 3.8) is 0 Å². The number of hydrogen-bond acceptors (Lipinski definition) is 3. The molecular weight excluding hydrogens is 330 g/mol. The highest BCUT2D eigenvalue weighted by molar-refractivity contribution is 9.10. The fourth-order valence-electron chi connectivity index (χ4n) is 0.981. The van der Waals surface area contributed by atoms with Crippen LogP contribution in [0.2, 0.25) is 5.02 Å². The number of benzene rings is 1. The second-order valence-electron chi connectivity index (χ2n) is 2.72. The summed E-state index contributed by atoms with van der Waals surface area (Å²) in [6.07, 6.45) is 3.76. The summed E-state index contributed by atoms with van der Waals surface area (Å²) >= 11 is 12.1. The van der Waals surface area contributed by atoms with E-state index in [0.717, 1.165) is 8.85 Å². The predicted octanol–water partition coefficient (Wildman–Crippen LogP) is 4.32. The summed E-state index contributed by atoms with van der Waals surface area (Å²) in [6, 6.07) is 5.12. The van der Waals surface area contributed by atoms with Crippen molar-refractivity contribution in [1.82, 2.24) is 0 Å². The Morgan fingerprint density at radius 3 is 2.50 bits per heavy atom. The van der Waals surface area contributed by atoms with Gasteiger partial charge in [0.05, 0.1) is 10.6 Å². The summed E-state index contributed by atoms with van der Waals surface area (Å²) in [7, 11) is 0. The number of carbonyl (C=O) groups excluding carboxylic acids is 1. The fraction of sp³-hybridized carbons (Fsp3) is 0.200. The lowest BCUT2D eigenvalue weighted by Crippen LogP contribution is -1.99. The third kappa shape index (κ3) is 3.80. The Labute approximate surface area is 116 Å². The van der Waals surface area contributed by atoms with Gasteiger partial charge < -0.3 is 0 Å². The summed E-state index contributed by atoms with van der Waals surface area (Å²) in [5, 5.41) is 0.407. The second-order valence-corrected chi connectivity index (χ2v) is 5.89. The van der Waals surface area contributed by atoms with E-state index < -0.39 is 0 Å². The molecule has 0 aliphatic carbocycles. The van der Waals surface area contributed by atoms with E-state index in [9.17, 15) is 4.79 Å². The number of nitrogens with zero attached hydrogens (tertiary/aromatic N) is 1. The lowest BCUT2D eigenvalue weighted by molar-refractivity contribution is 0.100. The second kappa shape index (κ2) is 6.69. The SMILES string of the molecule is CSC(=NC(=O)c1ccc(Br)cc1Cl)SC. The first-order valence-corrected chi connectivity index (χ1v) is 7.86. The molecule has 0 bridgehead atoms. The summed E-state index contributed by atoms with van der Waals surface area (Å²) in [5.74, 6) is -0.309. The van der Waals surface area contributed by atoms with Crippen LogP contribution < -0.4 is 0 Å². The molecular formula is C10H9BrClNOS2. The first-order valence-electron chi connectivity index (χ1n) is 4.24. The molecule has 1 aromatic rings. The van der Waals surface area contributed by atoms with Gasteiger partial charge in [-0.25, -0.2) is 0 Å². The Balaban J connectivity index is 3.01. The molecule has 0 radical (unpaired) electrons. The van der Waals surface area contributed by atoms with Gasteiger partial charge in [-0.2, -0.15) is 4.99 Å². The van der Waals surface area contributed by atoms with Crippen LogP contribution in [0, 0.1) is 0 Å². The fourth-order valence-corrected chi connectivity index (χ4v) is 2.75. The molecule has 0 N–H and O–H groups in total. The molecule has 6 heteroatoms. The molecule has 2 nitrogen and oxygen atoms in total. The average Bonchev–Trinajstić information content (AvgIpc) is 2.25. The van der Waals surface area contributed by atoms with Crippen LogP contribution in [0.25, 0.3) is 0 Å². The average molecular weight is 339 g/mol. The van der Waals surface area contributed by atoms with Crippen molar-refractivity contribution < 1.29 is 4.79 Å². The number of amides is 1. The van der Waals surface area contributed by atoms with Crippen molar-refractivity contribution in [2.45, 2.75) is 0 Å². The van der Waals surface area contributed by atoms with E-state index >= 15 is 0 Å². The molecule has 0 aliphatic rings. The number of rotatable bonds is 1. The number of carbonyl (C=O) groups is 1. The third-order valence-corrected chi connectivity index (χ3v) is 4.39. The Kier molecular flexibility index (Phi) is 5.89. The Morgan fingerprint density at radius 2 is 2.00 bits per heavy atom. The summed E-state index contributed by atoms with van der Waals surface area (Å²) in [6.45, 7) is 0. The van der Waals surface area contributed by atoms with Crippen molar-refractivity contribution in [3.8, 4) is 0 Å². The molecule has 16 heavy (non-hydrogen) atoms. The first-order chi connectivity index (χ1) is 7.58. The van der Waals surface area contributed by atoms with E-state index in [4.69, 9.17) is 11.6 Å². The molecule has 1 amide bonds. The predicted molar refractivity (Wildman–Crippen MR) is 77.9 cm³/mol. The van der Waals surface area contributed by atoms with Crippen molar-refractivity contribution in [2.75, 3.05) is 12.5 Å². The molecule has 0 atom stereocenters. The van der Waals surface area contributed by atoms with E-state index in [2.05, 4.69) is 20.9 Å². The van der Waals surface area contributed by atoms with E-state index in [1.54, 1.807) is 18.2 Å². The van der Waals surface area contributed by atoms with Crippen molar-refractivity contribution in [3.05, 3.63) is 33.3 Å². The summed E-state index contributed by atoms with van der Waals surface area (Å²) in [5.41, 5.74) is 0.422. The van der Waals surface area contributed by atoms with Gasteiger partial charge in [-0.3, -0.25) is 4.79 Å². The maximum absolute atomic E-state index is 11.8. The summed E-state index contributed by atoms with van der Waals surface area (Å²) < 4.78 is 1.57. The maximum Gasteiger partial charge on any atom is 0.280 e.